The van der Waals surface area contributed by atoms with E-state index in [-0.39, 0.29) is 11.9 Å². The molecule has 5 rings (SSSR count). The molecular weight excluding hydrogens is 463 g/mol. The second kappa shape index (κ2) is 9.68. The lowest BCUT2D eigenvalue weighted by Crippen LogP contribution is -2.46. The van der Waals surface area contributed by atoms with Crippen LogP contribution in [-0.4, -0.2) is 21.9 Å². The summed E-state index contributed by atoms with van der Waals surface area (Å²) in [4.78, 5) is 6.58. The molecule has 0 saturated heterocycles. The zero-order valence-electron chi connectivity index (χ0n) is 19.2. The Kier molecular flexibility index (Phi) is 6.29. The summed E-state index contributed by atoms with van der Waals surface area (Å²) in [5.74, 6) is 1.31. The van der Waals surface area contributed by atoms with Crippen molar-refractivity contribution < 1.29 is 13.7 Å². The number of aromatic nitrogens is 2. The van der Waals surface area contributed by atoms with Crippen LogP contribution < -0.4 is 15.0 Å². The van der Waals surface area contributed by atoms with Gasteiger partial charge in [0, 0.05) is 16.9 Å². The molecule has 1 aromatic heterocycles. The fourth-order valence-electron chi connectivity index (χ4n) is 4.13. The predicted molar refractivity (Wildman–Crippen MR) is 137 cm³/mol. The number of rotatable bonds is 6. The second-order valence-electron chi connectivity index (χ2n) is 7.98. The summed E-state index contributed by atoms with van der Waals surface area (Å²) in [7, 11) is 0. The highest BCUT2D eigenvalue weighted by molar-refractivity contribution is 7.80. The Bertz CT molecular complexity index is 1370. The second-order valence-corrected chi connectivity index (χ2v) is 8.37. The number of thiocarbonyl (C=S) groups is 1. The lowest BCUT2D eigenvalue weighted by molar-refractivity contribution is 0.340. The van der Waals surface area contributed by atoms with Gasteiger partial charge in [0.1, 0.15) is 11.6 Å². The molecule has 0 radical (unpaired) electrons. The van der Waals surface area contributed by atoms with Gasteiger partial charge >= 0.3 is 0 Å². The Hall–Kier alpha value is -4.04. The number of halogens is 1. The molecule has 1 aliphatic rings. The number of benzene rings is 3. The summed E-state index contributed by atoms with van der Waals surface area (Å²) in [5.41, 5.74) is 4.16. The number of hydrogen-bond acceptors (Lipinski definition) is 5. The van der Waals surface area contributed by atoms with Crippen molar-refractivity contribution in [3.05, 3.63) is 102 Å². The van der Waals surface area contributed by atoms with Gasteiger partial charge in [-0.05, 0) is 80.2 Å². The van der Waals surface area contributed by atoms with Crippen molar-refractivity contribution in [2.75, 3.05) is 11.5 Å². The Morgan fingerprint density at radius 2 is 1.74 bits per heavy atom. The molecule has 0 saturated carbocycles. The van der Waals surface area contributed by atoms with Crippen molar-refractivity contribution in [3.8, 4) is 17.1 Å². The first-order chi connectivity index (χ1) is 17.0. The average molecular weight is 487 g/mol. The lowest BCUT2D eigenvalue weighted by atomic mass is 9.94. The zero-order valence-corrected chi connectivity index (χ0v) is 20.1. The molecule has 0 amide bonds. The van der Waals surface area contributed by atoms with Gasteiger partial charge in [-0.3, -0.25) is 4.90 Å². The zero-order chi connectivity index (χ0) is 24.4. The molecule has 176 valence electrons. The predicted octanol–water partition coefficient (Wildman–Crippen LogP) is 6.14. The van der Waals surface area contributed by atoms with Crippen LogP contribution in [0.4, 0.5) is 10.1 Å². The van der Waals surface area contributed by atoms with E-state index in [0.717, 1.165) is 33.8 Å². The molecule has 0 fully saturated rings. The molecule has 1 N–H and O–H groups in total. The van der Waals surface area contributed by atoms with Gasteiger partial charge in [-0.2, -0.15) is 4.98 Å². The smallest absolute Gasteiger partial charge is 0.258 e. The molecule has 0 bridgehead atoms. The summed E-state index contributed by atoms with van der Waals surface area (Å²) >= 11 is 5.72. The normalized spacial score (nSPS) is 15.8. The fraction of sp³-hybridized carbons (Fsp3) is 0.148. The van der Waals surface area contributed by atoms with Crippen LogP contribution in [0, 0.1) is 5.82 Å². The molecular formula is C27H23FN4O2S. The molecule has 0 aliphatic carbocycles. The molecule has 35 heavy (non-hydrogen) atoms. The van der Waals surface area contributed by atoms with E-state index in [1.807, 2.05) is 73.3 Å². The molecule has 1 unspecified atom stereocenters. The highest BCUT2D eigenvalue weighted by Crippen LogP contribution is 2.39. The summed E-state index contributed by atoms with van der Waals surface area (Å²) in [6.07, 6.45) is 0. The van der Waals surface area contributed by atoms with Crippen molar-refractivity contribution in [1.29, 1.82) is 0 Å². The largest absolute Gasteiger partial charge is 0.494 e. The number of anilines is 1. The number of nitrogens with one attached hydrogen (secondary N) is 1. The number of ether oxygens (including phenoxy) is 1. The first kappa shape index (κ1) is 22.7. The maximum atomic E-state index is 13.6. The maximum Gasteiger partial charge on any atom is 0.258 e. The summed E-state index contributed by atoms with van der Waals surface area (Å²) < 4.78 is 24.9. The molecule has 1 aliphatic heterocycles. The number of nitrogens with zero attached hydrogens (tertiary/aromatic N) is 3. The van der Waals surface area contributed by atoms with Gasteiger partial charge in [0.15, 0.2) is 5.11 Å². The van der Waals surface area contributed by atoms with Crippen molar-refractivity contribution >= 4 is 28.6 Å². The molecule has 3 aromatic carbocycles. The van der Waals surface area contributed by atoms with E-state index in [1.54, 1.807) is 12.1 Å². The van der Waals surface area contributed by atoms with E-state index >= 15 is 0 Å². The van der Waals surface area contributed by atoms with Crippen LogP contribution in [0.1, 0.15) is 31.3 Å². The van der Waals surface area contributed by atoms with E-state index in [0.29, 0.717) is 23.4 Å². The van der Waals surface area contributed by atoms with Crippen LogP contribution in [0.15, 0.2) is 89.1 Å². The van der Waals surface area contributed by atoms with Crippen LogP contribution in [0.3, 0.4) is 0 Å². The molecule has 1 atom stereocenters. The Labute approximate surface area is 208 Å². The van der Waals surface area contributed by atoms with Crippen LogP contribution >= 0.6 is 12.2 Å². The standard InChI is InChI=1S/C27H23FN4O2S/c1-3-33-22-15-9-19(10-16-22)25-30-26(34-31-25)23-17(2)32(21-13-11-20(28)12-14-21)27(35)29-24(23)18-7-5-4-6-8-18/h4-16,24H,3H2,1-2H3,(H,29,35). The third kappa shape index (κ3) is 4.52. The Morgan fingerprint density at radius 3 is 2.43 bits per heavy atom. The number of hydrogen-bond donors (Lipinski definition) is 1. The summed E-state index contributed by atoms with van der Waals surface area (Å²) in [5, 5.41) is 8.14. The minimum absolute atomic E-state index is 0.297. The first-order valence-electron chi connectivity index (χ1n) is 11.2. The van der Waals surface area contributed by atoms with Crippen molar-refractivity contribution in [1.82, 2.24) is 15.5 Å². The minimum atomic E-state index is -0.314. The van der Waals surface area contributed by atoms with E-state index in [9.17, 15) is 4.39 Å². The maximum absolute atomic E-state index is 13.6. The topological polar surface area (TPSA) is 63.4 Å². The van der Waals surface area contributed by atoms with E-state index < -0.39 is 0 Å². The molecule has 2 heterocycles. The SMILES string of the molecule is CCOc1ccc(-c2noc(C3=C(C)N(c4ccc(F)cc4)C(=S)NC3c3ccccc3)n2)cc1. The van der Waals surface area contributed by atoms with Gasteiger partial charge in [0.25, 0.3) is 5.89 Å². The van der Waals surface area contributed by atoms with Gasteiger partial charge in [-0.15, -0.1) is 0 Å². The van der Waals surface area contributed by atoms with Crippen molar-refractivity contribution in [2.24, 2.45) is 0 Å². The van der Waals surface area contributed by atoms with Gasteiger partial charge < -0.3 is 14.6 Å². The van der Waals surface area contributed by atoms with E-state index in [4.69, 9.17) is 26.5 Å². The average Bonchev–Trinajstić information content (AvgIpc) is 3.36. The third-order valence-corrected chi connectivity index (χ3v) is 6.08. The van der Waals surface area contributed by atoms with Crippen molar-refractivity contribution in [3.63, 3.8) is 0 Å². The third-order valence-electron chi connectivity index (χ3n) is 5.78. The van der Waals surface area contributed by atoms with E-state index in [1.165, 1.54) is 12.1 Å². The molecule has 0 spiro atoms. The van der Waals surface area contributed by atoms with Gasteiger partial charge in [-0.1, -0.05) is 35.5 Å². The minimum Gasteiger partial charge on any atom is -0.494 e. The molecule has 8 heteroatoms. The first-order valence-corrected chi connectivity index (χ1v) is 11.6. The Morgan fingerprint density at radius 1 is 1.03 bits per heavy atom. The highest BCUT2D eigenvalue weighted by atomic mass is 32.1. The lowest BCUT2D eigenvalue weighted by Gasteiger charge is -2.37. The fourth-order valence-corrected chi connectivity index (χ4v) is 4.49. The summed E-state index contributed by atoms with van der Waals surface area (Å²) in [6, 6.07) is 23.4. The van der Waals surface area contributed by atoms with Crippen molar-refractivity contribution in [2.45, 2.75) is 19.9 Å². The van der Waals surface area contributed by atoms with Crippen LogP contribution in [0.25, 0.3) is 17.0 Å². The van der Waals surface area contributed by atoms with Gasteiger partial charge in [0.2, 0.25) is 5.82 Å². The number of allylic oxidation sites excluding steroid dienone is 1. The highest BCUT2D eigenvalue weighted by Gasteiger charge is 2.34. The molecule has 6 nitrogen and oxygen atoms in total. The molecule has 4 aromatic rings. The van der Waals surface area contributed by atoms with Crippen LogP contribution in [0.5, 0.6) is 5.75 Å². The summed E-state index contributed by atoms with van der Waals surface area (Å²) in [6.45, 7) is 4.49. The van der Waals surface area contributed by atoms with Crippen LogP contribution in [0.2, 0.25) is 0 Å². The Balaban J connectivity index is 1.59. The van der Waals surface area contributed by atoms with Gasteiger partial charge in [-0.25, -0.2) is 4.39 Å². The monoisotopic (exact) mass is 486 g/mol. The van der Waals surface area contributed by atoms with Crippen LogP contribution in [-0.2, 0) is 0 Å². The van der Waals surface area contributed by atoms with Gasteiger partial charge in [0.05, 0.1) is 18.2 Å². The quantitative estimate of drug-likeness (QED) is 0.328. The van der Waals surface area contributed by atoms with E-state index in [2.05, 4.69) is 10.5 Å².